The first-order chi connectivity index (χ1) is 3.66. The van der Waals surface area contributed by atoms with E-state index in [1.807, 2.05) is 0 Å². The van der Waals surface area contributed by atoms with Crippen molar-refractivity contribution < 1.29 is 14.6 Å². The van der Waals surface area contributed by atoms with Gasteiger partial charge in [0.25, 0.3) is 0 Å². The predicted octanol–water partition coefficient (Wildman–Crippen LogP) is 1.18. The molecule has 0 spiro atoms. The Morgan fingerprint density at radius 1 is 1.88 bits per heavy atom. The van der Waals surface area contributed by atoms with E-state index in [-0.39, 0.29) is 5.88 Å². The molecule has 0 aromatic carbocycles. The van der Waals surface area contributed by atoms with Crippen molar-refractivity contribution in [3.63, 3.8) is 0 Å². The van der Waals surface area contributed by atoms with E-state index < -0.39 is 12.3 Å². The second-order valence-electron chi connectivity index (χ2n) is 1.33. The molecular weight excluding hydrogens is 131 g/mol. The fourth-order valence-corrected chi connectivity index (χ4v) is 0.259. The van der Waals surface area contributed by atoms with Crippen LogP contribution in [0.3, 0.4) is 0 Å². The molecule has 4 heteroatoms. The minimum atomic E-state index is -1.53. The Morgan fingerprint density at radius 2 is 2.38 bits per heavy atom. The van der Waals surface area contributed by atoms with Crippen molar-refractivity contribution in [2.45, 2.75) is 13.0 Å². The fraction of sp³-hybridized carbons (Fsp3) is 0.750. The Morgan fingerprint density at radius 3 is 2.50 bits per heavy atom. The molecule has 3 nitrogen and oxygen atoms in total. The highest BCUT2D eigenvalue weighted by atomic mass is 35.5. The van der Waals surface area contributed by atoms with Crippen LogP contribution < -0.4 is 0 Å². The van der Waals surface area contributed by atoms with E-state index in [4.69, 9.17) is 11.6 Å². The molecule has 0 heterocycles. The highest BCUT2D eigenvalue weighted by Gasteiger charge is 2.05. The van der Waals surface area contributed by atoms with Crippen LogP contribution in [0.2, 0.25) is 0 Å². The number of rotatable bonds is 2. The first kappa shape index (κ1) is 7.56. The van der Waals surface area contributed by atoms with E-state index in [1.54, 1.807) is 6.92 Å². The molecule has 0 aliphatic rings. The molecule has 0 aromatic rings. The van der Waals surface area contributed by atoms with Crippen molar-refractivity contribution in [1.29, 1.82) is 0 Å². The van der Waals surface area contributed by atoms with E-state index >= 15 is 0 Å². The second kappa shape index (κ2) is 3.55. The summed E-state index contributed by atoms with van der Waals surface area (Å²) in [5.74, 6) is 0.161. The summed E-state index contributed by atoms with van der Waals surface area (Å²) in [5, 5.41) is 9.58. The van der Waals surface area contributed by atoms with Gasteiger partial charge in [-0.05, 0) is 6.92 Å². The predicted molar refractivity (Wildman–Crippen MR) is 27.3 cm³/mol. The summed E-state index contributed by atoms with van der Waals surface area (Å²) in [6, 6.07) is 0. The quantitative estimate of drug-likeness (QED) is 0.424. The van der Waals surface area contributed by atoms with Gasteiger partial charge in [-0.2, -0.15) is 9.90 Å². The van der Waals surface area contributed by atoms with Crippen molar-refractivity contribution >= 4 is 17.8 Å². The van der Waals surface area contributed by atoms with Crippen LogP contribution >= 0.6 is 11.6 Å². The van der Waals surface area contributed by atoms with E-state index in [2.05, 4.69) is 4.74 Å². The summed E-state index contributed by atoms with van der Waals surface area (Å²) >= 11 is 5.18. The number of hydrogen-bond acceptors (Lipinski definition) is 2. The molecule has 0 rings (SSSR count). The smallest absolute Gasteiger partial charge is 0.427 e. The fourth-order valence-electron chi connectivity index (χ4n) is 0.196. The summed E-state index contributed by atoms with van der Waals surface area (Å²) in [6.07, 6.45) is -2.00. The van der Waals surface area contributed by atoms with Gasteiger partial charge in [-0.1, -0.05) is 0 Å². The first-order valence-electron chi connectivity index (χ1n) is 2.10. The van der Waals surface area contributed by atoms with Gasteiger partial charge in [0.1, 0.15) is 6.10 Å². The van der Waals surface area contributed by atoms with Crippen LogP contribution in [0.5, 0.6) is 0 Å². The van der Waals surface area contributed by atoms with Crippen LogP contribution in [0.15, 0.2) is 0 Å². The van der Waals surface area contributed by atoms with Gasteiger partial charge in [0.05, 0.1) is 5.88 Å². The second-order valence-corrected chi connectivity index (χ2v) is 1.64. The third-order valence-electron chi connectivity index (χ3n) is 0.515. The molecular formula is C4H6ClO3. The summed E-state index contributed by atoms with van der Waals surface area (Å²) in [6.45, 7) is 1.54. The van der Waals surface area contributed by atoms with Crippen LogP contribution in [0.4, 0.5) is 4.79 Å². The Bertz CT molecular complexity index is 83.4. The largest absolute Gasteiger partial charge is 0.550 e. The number of carbonyl (C=O) groups excluding carboxylic acids is 1. The minimum Gasteiger partial charge on any atom is -0.427 e. The molecule has 1 radical (unpaired) electrons. The summed E-state index contributed by atoms with van der Waals surface area (Å²) < 4.78 is 4.07. The van der Waals surface area contributed by atoms with Gasteiger partial charge in [-0.3, -0.25) is 0 Å². The Kier molecular flexibility index (Phi) is 3.35. The molecule has 1 unspecified atom stereocenters. The molecule has 0 N–H and O–H groups in total. The maximum atomic E-state index is 9.58. The molecule has 0 amide bonds. The highest BCUT2D eigenvalue weighted by Crippen LogP contribution is 1.92. The number of alkyl halides is 1. The molecule has 0 aliphatic heterocycles. The minimum absolute atomic E-state index is 0.161. The lowest BCUT2D eigenvalue weighted by Gasteiger charge is -2.02. The van der Waals surface area contributed by atoms with Crippen molar-refractivity contribution in [3.05, 3.63) is 0 Å². The zero-order chi connectivity index (χ0) is 6.57. The van der Waals surface area contributed by atoms with Gasteiger partial charge in [0, 0.05) is 0 Å². The van der Waals surface area contributed by atoms with Crippen molar-refractivity contribution in [1.82, 2.24) is 0 Å². The topological polar surface area (TPSA) is 46.2 Å². The van der Waals surface area contributed by atoms with Crippen LogP contribution in [0.1, 0.15) is 6.92 Å². The first-order valence-corrected chi connectivity index (χ1v) is 2.64. The lowest BCUT2D eigenvalue weighted by Crippen LogP contribution is -2.12. The zero-order valence-corrected chi connectivity index (χ0v) is 5.14. The number of carbonyl (C=O) groups is 1. The lowest BCUT2D eigenvalue weighted by molar-refractivity contribution is 0.0457. The monoisotopic (exact) mass is 137 g/mol. The van der Waals surface area contributed by atoms with Crippen molar-refractivity contribution in [2.24, 2.45) is 0 Å². The van der Waals surface area contributed by atoms with Gasteiger partial charge in [-0.15, -0.1) is 11.6 Å². The van der Waals surface area contributed by atoms with Crippen LogP contribution in [0.25, 0.3) is 0 Å². The lowest BCUT2D eigenvalue weighted by atomic mass is 10.5. The molecule has 8 heavy (non-hydrogen) atoms. The van der Waals surface area contributed by atoms with E-state index in [1.165, 1.54) is 0 Å². The molecule has 0 bridgehead atoms. The average Bonchev–Trinajstić information content (AvgIpc) is 1.65. The molecule has 0 aromatic heterocycles. The number of hydrogen-bond donors (Lipinski definition) is 0. The maximum Gasteiger partial charge on any atom is 0.550 e. The van der Waals surface area contributed by atoms with E-state index in [0.717, 1.165) is 0 Å². The normalized spacial score (nSPS) is 12.8. The zero-order valence-electron chi connectivity index (χ0n) is 4.39. The standard InChI is InChI=1S/C4H6ClO3/c1-3(2-5)8-4(6)7/h3H,2H2,1H3. The van der Waals surface area contributed by atoms with E-state index in [0.29, 0.717) is 0 Å². The molecule has 0 aliphatic carbocycles. The third-order valence-corrected chi connectivity index (χ3v) is 0.949. The summed E-state index contributed by atoms with van der Waals surface area (Å²) in [7, 11) is 0. The van der Waals surface area contributed by atoms with Gasteiger partial charge in [0.15, 0.2) is 0 Å². The van der Waals surface area contributed by atoms with Crippen LogP contribution in [0, 0.1) is 0 Å². The average molecular weight is 138 g/mol. The van der Waals surface area contributed by atoms with Crippen LogP contribution in [-0.2, 0) is 9.84 Å². The number of halogens is 1. The Hall–Kier alpha value is -0.440. The molecule has 0 saturated carbocycles. The summed E-state index contributed by atoms with van der Waals surface area (Å²) in [5.41, 5.74) is 0. The van der Waals surface area contributed by atoms with Gasteiger partial charge in [0.2, 0.25) is 0 Å². The molecule has 0 fully saturated rings. The van der Waals surface area contributed by atoms with E-state index in [9.17, 15) is 9.90 Å². The van der Waals surface area contributed by atoms with Gasteiger partial charge in [-0.25, -0.2) is 0 Å². The highest BCUT2D eigenvalue weighted by molar-refractivity contribution is 6.18. The third kappa shape index (κ3) is 3.74. The Labute approximate surface area is 52.2 Å². The molecule has 1 atom stereocenters. The number of ether oxygens (including phenoxy) is 1. The summed E-state index contributed by atoms with van der Waals surface area (Å²) in [4.78, 5) is 9.58. The SMILES string of the molecule is CC(CCl)OC([O])=O. The molecule has 47 valence electrons. The van der Waals surface area contributed by atoms with Gasteiger partial charge >= 0.3 is 6.16 Å². The maximum absolute atomic E-state index is 9.58. The molecule has 0 saturated heterocycles. The van der Waals surface area contributed by atoms with Gasteiger partial charge < -0.3 is 4.74 Å². The van der Waals surface area contributed by atoms with Crippen molar-refractivity contribution in [2.75, 3.05) is 5.88 Å². The Balaban J connectivity index is 3.24. The van der Waals surface area contributed by atoms with Crippen LogP contribution in [-0.4, -0.2) is 18.1 Å². The van der Waals surface area contributed by atoms with Crippen molar-refractivity contribution in [3.8, 4) is 0 Å².